The third-order valence-corrected chi connectivity index (χ3v) is 2.09. The number of nitrogens with one attached hydrogen (secondary N) is 1. The molecule has 0 rings (SSSR count). The van der Waals surface area contributed by atoms with Crippen molar-refractivity contribution < 1.29 is 9.53 Å². The molecule has 0 aliphatic heterocycles. The Labute approximate surface area is 87.2 Å². The first-order valence-electron chi connectivity index (χ1n) is 5.57. The van der Waals surface area contributed by atoms with Gasteiger partial charge in [0.15, 0.2) is 0 Å². The minimum absolute atomic E-state index is 0.00384. The van der Waals surface area contributed by atoms with Crippen LogP contribution in [0.25, 0.3) is 0 Å². The number of rotatable bonds is 8. The third-order valence-electron chi connectivity index (χ3n) is 2.09. The summed E-state index contributed by atoms with van der Waals surface area (Å²) in [6, 6.07) is 0.273. The van der Waals surface area contributed by atoms with Gasteiger partial charge in [0.1, 0.15) is 6.61 Å². The van der Waals surface area contributed by atoms with Crippen LogP contribution in [0.5, 0.6) is 0 Å². The molecule has 0 radical (unpaired) electrons. The Bertz CT molecular complexity index is 148. The molecule has 3 heteroatoms. The molecule has 0 saturated carbocycles. The molecule has 0 aromatic carbocycles. The van der Waals surface area contributed by atoms with E-state index in [0.29, 0.717) is 6.61 Å². The van der Waals surface area contributed by atoms with Crippen molar-refractivity contribution in [1.82, 2.24) is 5.32 Å². The lowest BCUT2D eigenvalue weighted by molar-refractivity contribution is -0.126. The van der Waals surface area contributed by atoms with Crippen LogP contribution in [-0.4, -0.2) is 25.2 Å². The lowest BCUT2D eigenvalue weighted by Gasteiger charge is -2.13. The van der Waals surface area contributed by atoms with Crippen LogP contribution in [0.15, 0.2) is 0 Å². The molecule has 0 heterocycles. The largest absolute Gasteiger partial charge is 0.372 e. The normalized spacial score (nSPS) is 12.5. The molecule has 0 spiro atoms. The Morgan fingerprint density at radius 2 is 2.07 bits per heavy atom. The van der Waals surface area contributed by atoms with Crippen molar-refractivity contribution in [3.05, 3.63) is 0 Å². The second-order valence-corrected chi connectivity index (χ2v) is 3.60. The van der Waals surface area contributed by atoms with E-state index in [-0.39, 0.29) is 18.6 Å². The Kier molecular flexibility index (Phi) is 8.64. The fraction of sp³-hybridized carbons (Fsp3) is 0.909. The van der Waals surface area contributed by atoms with Gasteiger partial charge in [0, 0.05) is 12.6 Å². The molecule has 0 aromatic heterocycles. The number of hydrogen-bond donors (Lipinski definition) is 1. The summed E-state index contributed by atoms with van der Waals surface area (Å²) >= 11 is 0. The summed E-state index contributed by atoms with van der Waals surface area (Å²) in [5.74, 6) is -0.00384. The van der Waals surface area contributed by atoms with Gasteiger partial charge < -0.3 is 10.1 Å². The van der Waals surface area contributed by atoms with Crippen LogP contribution in [0.1, 0.15) is 46.5 Å². The van der Waals surface area contributed by atoms with E-state index >= 15 is 0 Å². The Morgan fingerprint density at radius 3 is 2.64 bits per heavy atom. The van der Waals surface area contributed by atoms with Gasteiger partial charge in [0.05, 0.1) is 0 Å². The third kappa shape index (κ3) is 8.05. The molecule has 0 bridgehead atoms. The maximum atomic E-state index is 11.2. The van der Waals surface area contributed by atoms with Crippen molar-refractivity contribution in [1.29, 1.82) is 0 Å². The molecule has 0 aliphatic carbocycles. The highest BCUT2D eigenvalue weighted by Crippen LogP contribution is 2.02. The zero-order valence-electron chi connectivity index (χ0n) is 9.64. The predicted molar refractivity (Wildman–Crippen MR) is 58.2 cm³/mol. The van der Waals surface area contributed by atoms with Crippen LogP contribution in [0.2, 0.25) is 0 Å². The first kappa shape index (κ1) is 13.4. The van der Waals surface area contributed by atoms with Crippen molar-refractivity contribution in [2.75, 3.05) is 13.2 Å². The van der Waals surface area contributed by atoms with Gasteiger partial charge in [-0.15, -0.1) is 0 Å². The number of amides is 1. The monoisotopic (exact) mass is 201 g/mol. The van der Waals surface area contributed by atoms with E-state index in [1.807, 2.05) is 13.8 Å². The summed E-state index contributed by atoms with van der Waals surface area (Å²) in [6.45, 7) is 6.89. The smallest absolute Gasteiger partial charge is 0.246 e. The lowest BCUT2D eigenvalue weighted by atomic mass is 10.1. The molecule has 1 amide bonds. The van der Waals surface area contributed by atoms with Crippen LogP contribution >= 0.6 is 0 Å². The topological polar surface area (TPSA) is 38.3 Å². The average Bonchev–Trinajstić information content (AvgIpc) is 2.15. The van der Waals surface area contributed by atoms with Crippen molar-refractivity contribution in [2.24, 2.45) is 0 Å². The SMILES string of the molecule is CCCCCC(C)NC(=O)COCC. The van der Waals surface area contributed by atoms with Crippen LogP contribution in [0.4, 0.5) is 0 Å². The minimum atomic E-state index is -0.00384. The number of carbonyl (C=O) groups excluding carboxylic acids is 1. The van der Waals surface area contributed by atoms with Crippen LogP contribution < -0.4 is 5.32 Å². The fourth-order valence-corrected chi connectivity index (χ4v) is 1.28. The molecule has 84 valence electrons. The summed E-state index contributed by atoms with van der Waals surface area (Å²) in [5, 5.41) is 2.91. The van der Waals surface area contributed by atoms with E-state index in [1.54, 1.807) is 0 Å². The fourth-order valence-electron chi connectivity index (χ4n) is 1.28. The van der Waals surface area contributed by atoms with Gasteiger partial charge in [-0.25, -0.2) is 0 Å². The molecule has 0 saturated heterocycles. The quantitative estimate of drug-likeness (QED) is 0.611. The van der Waals surface area contributed by atoms with Gasteiger partial charge in [-0.3, -0.25) is 4.79 Å². The van der Waals surface area contributed by atoms with Crippen molar-refractivity contribution >= 4 is 5.91 Å². The summed E-state index contributed by atoms with van der Waals surface area (Å²) in [6.07, 6.45) is 4.71. The highest BCUT2D eigenvalue weighted by molar-refractivity contribution is 5.77. The maximum absolute atomic E-state index is 11.2. The summed E-state index contributed by atoms with van der Waals surface area (Å²) < 4.78 is 5.01. The standard InChI is InChI=1S/C11H23NO2/c1-4-6-7-8-10(3)12-11(13)9-14-5-2/h10H,4-9H2,1-3H3,(H,12,13). The molecule has 1 N–H and O–H groups in total. The predicted octanol–water partition coefficient (Wildman–Crippen LogP) is 2.11. The summed E-state index contributed by atoms with van der Waals surface area (Å²) in [7, 11) is 0. The number of hydrogen-bond acceptors (Lipinski definition) is 2. The average molecular weight is 201 g/mol. The number of carbonyl (C=O) groups is 1. The van der Waals surface area contributed by atoms with E-state index in [1.165, 1.54) is 19.3 Å². The Balaban J connectivity index is 3.40. The maximum Gasteiger partial charge on any atom is 0.246 e. The molecule has 3 nitrogen and oxygen atoms in total. The zero-order valence-corrected chi connectivity index (χ0v) is 9.64. The Hall–Kier alpha value is -0.570. The molecular weight excluding hydrogens is 178 g/mol. The van der Waals surface area contributed by atoms with Gasteiger partial charge in [0.2, 0.25) is 5.91 Å². The lowest BCUT2D eigenvalue weighted by Crippen LogP contribution is -2.35. The minimum Gasteiger partial charge on any atom is -0.372 e. The first-order chi connectivity index (χ1) is 6.70. The van der Waals surface area contributed by atoms with Gasteiger partial charge >= 0.3 is 0 Å². The van der Waals surface area contributed by atoms with E-state index in [2.05, 4.69) is 12.2 Å². The van der Waals surface area contributed by atoms with Crippen molar-refractivity contribution in [3.8, 4) is 0 Å². The highest BCUT2D eigenvalue weighted by Gasteiger charge is 2.06. The van der Waals surface area contributed by atoms with Crippen molar-refractivity contribution in [3.63, 3.8) is 0 Å². The van der Waals surface area contributed by atoms with Gasteiger partial charge in [-0.2, -0.15) is 0 Å². The molecular formula is C11H23NO2. The van der Waals surface area contributed by atoms with Crippen LogP contribution in [-0.2, 0) is 9.53 Å². The zero-order chi connectivity index (χ0) is 10.8. The number of ether oxygens (including phenoxy) is 1. The molecule has 14 heavy (non-hydrogen) atoms. The van der Waals surface area contributed by atoms with E-state index in [0.717, 1.165) is 6.42 Å². The van der Waals surface area contributed by atoms with Crippen LogP contribution in [0, 0.1) is 0 Å². The summed E-state index contributed by atoms with van der Waals surface area (Å²) in [5.41, 5.74) is 0. The molecule has 0 fully saturated rings. The first-order valence-corrected chi connectivity index (χ1v) is 5.57. The Morgan fingerprint density at radius 1 is 1.36 bits per heavy atom. The molecule has 0 aliphatic rings. The molecule has 1 atom stereocenters. The molecule has 1 unspecified atom stereocenters. The van der Waals surface area contributed by atoms with E-state index < -0.39 is 0 Å². The molecule has 0 aromatic rings. The number of unbranched alkanes of at least 4 members (excludes halogenated alkanes) is 2. The van der Waals surface area contributed by atoms with Gasteiger partial charge in [0.25, 0.3) is 0 Å². The van der Waals surface area contributed by atoms with E-state index in [4.69, 9.17) is 4.74 Å². The second-order valence-electron chi connectivity index (χ2n) is 3.60. The van der Waals surface area contributed by atoms with Gasteiger partial charge in [-0.05, 0) is 20.3 Å². The van der Waals surface area contributed by atoms with Crippen molar-refractivity contribution in [2.45, 2.75) is 52.5 Å². The summed E-state index contributed by atoms with van der Waals surface area (Å²) in [4.78, 5) is 11.2. The van der Waals surface area contributed by atoms with Crippen LogP contribution in [0.3, 0.4) is 0 Å². The second kappa shape index (κ2) is 9.00. The van der Waals surface area contributed by atoms with Gasteiger partial charge in [-0.1, -0.05) is 26.2 Å². The highest BCUT2D eigenvalue weighted by atomic mass is 16.5. The van der Waals surface area contributed by atoms with E-state index in [9.17, 15) is 4.79 Å².